The molecule has 0 aliphatic heterocycles. The van der Waals surface area contributed by atoms with Gasteiger partial charge in [-0.15, -0.1) is 0 Å². The van der Waals surface area contributed by atoms with Crippen LogP contribution in [0.2, 0.25) is 0 Å². The third kappa shape index (κ3) is 5.42. The average molecular weight is 510 g/mol. The first-order chi connectivity index (χ1) is 17.8. The van der Waals surface area contributed by atoms with Gasteiger partial charge in [0.05, 0.1) is 11.9 Å². The summed E-state index contributed by atoms with van der Waals surface area (Å²) in [6.07, 6.45) is 5.56. The Bertz CT molecular complexity index is 1380. The van der Waals surface area contributed by atoms with Gasteiger partial charge in [-0.2, -0.15) is 10.2 Å². The molecule has 12 heteroatoms. The minimum Gasteiger partial charge on any atom is -0.443 e. The summed E-state index contributed by atoms with van der Waals surface area (Å²) in [6.45, 7) is 8.75. The Labute approximate surface area is 213 Å². The van der Waals surface area contributed by atoms with Gasteiger partial charge < -0.3 is 15.4 Å². The van der Waals surface area contributed by atoms with E-state index in [0.717, 1.165) is 23.4 Å². The highest BCUT2D eigenvalue weighted by Gasteiger charge is 2.41. The number of ether oxygens (including phenoxy) is 1. The number of amides is 1. The first-order valence-electron chi connectivity index (χ1n) is 12.6. The molecule has 1 aliphatic rings. The third-order valence-corrected chi connectivity index (χ3v) is 6.27. The summed E-state index contributed by atoms with van der Waals surface area (Å²) >= 11 is 0. The molecule has 4 aromatic heterocycles. The highest BCUT2D eigenvalue weighted by molar-refractivity contribution is 5.68. The number of fused-ring (bicyclic) bond motifs is 1. The molecule has 1 amide bonds. The molecule has 196 valence electrons. The van der Waals surface area contributed by atoms with E-state index in [1.165, 1.54) is 0 Å². The fourth-order valence-corrected chi connectivity index (χ4v) is 4.61. The molecule has 5 rings (SSSR count). The topological polar surface area (TPSA) is 127 Å². The van der Waals surface area contributed by atoms with Gasteiger partial charge >= 0.3 is 6.09 Å². The van der Waals surface area contributed by atoms with Crippen LogP contribution in [-0.2, 0) is 11.3 Å². The molecule has 4 aromatic rings. The number of hydrogen-bond acceptors (Lipinski definition) is 7. The number of alkyl halides is 1. The van der Waals surface area contributed by atoms with Crippen molar-refractivity contribution in [3.8, 4) is 11.3 Å². The molecule has 0 spiro atoms. The first kappa shape index (κ1) is 24.7. The molecule has 0 radical (unpaired) electrons. The summed E-state index contributed by atoms with van der Waals surface area (Å²) in [5.74, 6) is 1.05. The lowest BCUT2D eigenvalue weighted by Gasteiger charge is -2.18. The Morgan fingerprint density at radius 2 is 2.11 bits per heavy atom. The Morgan fingerprint density at radius 3 is 2.89 bits per heavy atom. The summed E-state index contributed by atoms with van der Waals surface area (Å²) in [5.41, 5.74) is 2.97. The second-order valence-corrected chi connectivity index (χ2v) is 10.2. The van der Waals surface area contributed by atoms with E-state index < -0.39 is 24.3 Å². The number of H-pyrrole nitrogens is 1. The Kier molecular flexibility index (Phi) is 6.81. The Hall–Kier alpha value is -3.96. The number of anilines is 2. The minimum atomic E-state index is -1.32. The maximum atomic E-state index is 15.2. The van der Waals surface area contributed by atoms with E-state index in [0.29, 0.717) is 36.2 Å². The van der Waals surface area contributed by atoms with Crippen LogP contribution < -0.4 is 10.6 Å². The number of carbonyl (C=O) groups excluding carboxylic acids is 1. The number of nitrogens with zero attached hydrogens (tertiary/aromatic N) is 6. The van der Waals surface area contributed by atoms with Crippen molar-refractivity contribution in [1.29, 1.82) is 0 Å². The van der Waals surface area contributed by atoms with Crippen molar-refractivity contribution in [2.24, 2.45) is 5.92 Å². The van der Waals surface area contributed by atoms with Crippen LogP contribution in [0, 0.1) is 5.92 Å². The number of alkyl carbamates (subject to hydrolysis) is 1. The molecule has 0 unspecified atom stereocenters. The van der Waals surface area contributed by atoms with Crippen LogP contribution in [-0.4, -0.2) is 58.8 Å². The van der Waals surface area contributed by atoms with Crippen LogP contribution in [0.5, 0.6) is 0 Å². The number of nitrogens with one attached hydrogen (secondary N) is 3. The molecule has 3 atom stereocenters. The van der Waals surface area contributed by atoms with E-state index in [1.807, 2.05) is 41.4 Å². The zero-order chi connectivity index (χ0) is 26.1. The second-order valence-electron chi connectivity index (χ2n) is 10.2. The number of imidazole rings is 1. The van der Waals surface area contributed by atoms with E-state index >= 15 is 4.39 Å². The number of hydrogen-bond donors (Lipinski definition) is 3. The molecule has 4 heterocycles. The largest absolute Gasteiger partial charge is 0.443 e. The normalized spacial score (nSPS) is 19.7. The zero-order valence-corrected chi connectivity index (χ0v) is 21.3. The fraction of sp³-hybridized carbons (Fsp3) is 0.480. The van der Waals surface area contributed by atoms with Gasteiger partial charge in [0.1, 0.15) is 17.9 Å². The minimum absolute atomic E-state index is 0.0747. The Balaban J connectivity index is 1.32. The van der Waals surface area contributed by atoms with Crippen LogP contribution in [0.25, 0.3) is 16.9 Å². The number of halogens is 1. The summed E-state index contributed by atoms with van der Waals surface area (Å²) in [4.78, 5) is 21.1. The molecule has 1 aliphatic carbocycles. The van der Waals surface area contributed by atoms with Crippen molar-refractivity contribution in [3.63, 3.8) is 0 Å². The molecule has 3 N–H and O–H groups in total. The van der Waals surface area contributed by atoms with Crippen molar-refractivity contribution in [2.75, 3.05) is 5.32 Å². The quantitative estimate of drug-likeness (QED) is 0.321. The molecule has 1 saturated carbocycles. The van der Waals surface area contributed by atoms with E-state index in [1.54, 1.807) is 18.5 Å². The van der Waals surface area contributed by atoms with Crippen molar-refractivity contribution in [3.05, 3.63) is 42.6 Å². The monoisotopic (exact) mass is 509 g/mol. The van der Waals surface area contributed by atoms with Gasteiger partial charge in [-0.3, -0.25) is 14.2 Å². The van der Waals surface area contributed by atoms with Crippen LogP contribution in [0.1, 0.15) is 52.1 Å². The predicted octanol–water partition coefficient (Wildman–Crippen LogP) is 4.43. The highest BCUT2D eigenvalue weighted by Crippen LogP contribution is 2.38. The van der Waals surface area contributed by atoms with Gasteiger partial charge in [-0.1, -0.05) is 13.8 Å². The number of rotatable bonds is 8. The third-order valence-electron chi connectivity index (χ3n) is 6.27. The lowest BCUT2D eigenvalue weighted by Crippen LogP contribution is -2.36. The second kappa shape index (κ2) is 10.2. The van der Waals surface area contributed by atoms with Gasteiger partial charge in [0.2, 0.25) is 5.95 Å². The summed E-state index contributed by atoms with van der Waals surface area (Å²) in [6, 6.07) is 3.60. The summed E-state index contributed by atoms with van der Waals surface area (Å²) in [7, 11) is 0. The van der Waals surface area contributed by atoms with Crippen molar-refractivity contribution >= 4 is 23.5 Å². The van der Waals surface area contributed by atoms with Gasteiger partial charge in [-0.05, 0) is 32.6 Å². The molecule has 0 saturated heterocycles. The number of aromatic nitrogens is 7. The van der Waals surface area contributed by atoms with Crippen LogP contribution in [0.4, 0.5) is 21.0 Å². The molecule has 0 aromatic carbocycles. The highest BCUT2D eigenvalue weighted by atomic mass is 19.1. The zero-order valence-electron chi connectivity index (χ0n) is 21.3. The summed E-state index contributed by atoms with van der Waals surface area (Å²) < 4.78 is 24.2. The molecular formula is C25H32FN9O2. The van der Waals surface area contributed by atoms with Gasteiger partial charge in [0, 0.05) is 60.5 Å². The van der Waals surface area contributed by atoms with E-state index in [4.69, 9.17) is 9.72 Å². The smallest absolute Gasteiger partial charge is 0.407 e. The molecule has 11 nitrogen and oxygen atoms in total. The Morgan fingerprint density at radius 1 is 1.27 bits per heavy atom. The SMILES string of the molecule is CC(C)Cn1cc(-c2cc3nccn3c(Nc3cc([C@@H]4CC[C@H](OC(=O)NC(C)C)[C@H]4F)[nH]n3)n2)cn1. The van der Waals surface area contributed by atoms with Crippen LogP contribution in [0.15, 0.2) is 36.9 Å². The molecule has 37 heavy (non-hydrogen) atoms. The van der Waals surface area contributed by atoms with Crippen molar-refractivity contribution in [1.82, 2.24) is 39.7 Å². The first-order valence-corrected chi connectivity index (χ1v) is 12.6. The van der Waals surface area contributed by atoms with Crippen molar-refractivity contribution in [2.45, 2.75) is 71.3 Å². The summed E-state index contributed by atoms with van der Waals surface area (Å²) in [5, 5.41) is 17.6. The molecular weight excluding hydrogens is 477 g/mol. The maximum absolute atomic E-state index is 15.2. The lowest BCUT2D eigenvalue weighted by atomic mass is 10.0. The fourth-order valence-electron chi connectivity index (χ4n) is 4.61. The van der Waals surface area contributed by atoms with Crippen LogP contribution >= 0.6 is 0 Å². The van der Waals surface area contributed by atoms with Gasteiger partial charge in [0.15, 0.2) is 5.82 Å². The standard InChI is InChI=1S/C25H32FN9O2/c1-14(2)12-34-13-16(11-28-34)18-10-22-27-7-8-35(22)24(30-18)31-21-9-19(32-33-21)17-5-6-20(23(17)26)37-25(36)29-15(3)4/h7-11,13-15,17,20,23H,5-6,12H2,1-4H3,(H,29,36)(H2,30,31,32,33)/t17-,20-,23-/m0/s1. The molecule has 0 bridgehead atoms. The number of carbonyl (C=O) groups is 1. The van der Waals surface area contributed by atoms with Gasteiger partial charge in [0.25, 0.3) is 0 Å². The predicted molar refractivity (Wildman–Crippen MR) is 136 cm³/mol. The maximum Gasteiger partial charge on any atom is 0.407 e. The molecule has 1 fully saturated rings. The average Bonchev–Trinajstić information content (AvgIpc) is 3.61. The van der Waals surface area contributed by atoms with E-state index in [2.05, 4.69) is 44.8 Å². The number of aromatic amines is 1. The van der Waals surface area contributed by atoms with E-state index in [9.17, 15) is 4.79 Å². The van der Waals surface area contributed by atoms with Gasteiger partial charge in [-0.25, -0.2) is 19.2 Å². The van der Waals surface area contributed by atoms with E-state index in [-0.39, 0.29) is 6.04 Å². The van der Waals surface area contributed by atoms with Crippen LogP contribution in [0.3, 0.4) is 0 Å². The lowest BCUT2D eigenvalue weighted by molar-refractivity contribution is 0.0555. The van der Waals surface area contributed by atoms with Crippen molar-refractivity contribution < 1.29 is 13.9 Å².